The van der Waals surface area contributed by atoms with Crippen molar-refractivity contribution in [3.8, 4) is 5.95 Å². The van der Waals surface area contributed by atoms with Crippen molar-refractivity contribution in [2.45, 2.75) is 32.4 Å². The second-order valence-electron chi connectivity index (χ2n) is 13.6. The molecule has 0 fully saturated rings. The first-order valence-electron chi connectivity index (χ1n) is 17.1. The SMILES string of the molecule is CC1(CN2N=C(c3ccc4c5c(n(-c6nc7ccccc7c7nc8ccccc8n67)c4c3)CCC=C5)[N-]C2c2ccccc2)C=CC=CC1. The molecule has 0 radical (unpaired) electrons. The molecular weight excluding hydrogens is 603 g/mol. The lowest BCUT2D eigenvalue weighted by atomic mass is 9.83. The highest BCUT2D eigenvalue weighted by molar-refractivity contribution is 6.12. The lowest BCUT2D eigenvalue weighted by molar-refractivity contribution is 0.181. The third-order valence-electron chi connectivity index (χ3n) is 10.2. The van der Waals surface area contributed by atoms with E-state index in [9.17, 15) is 0 Å². The first kappa shape index (κ1) is 28.1. The molecule has 1 aliphatic heterocycles. The molecule has 0 amide bonds. The molecular formula is C42H34N7-. The molecule has 7 aromatic rings. The zero-order valence-corrected chi connectivity index (χ0v) is 27.2. The van der Waals surface area contributed by atoms with E-state index in [-0.39, 0.29) is 11.6 Å². The van der Waals surface area contributed by atoms with Gasteiger partial charge in [-0.05, 0) is 66.6 Å². The Morgan fingerprint density at radius 1 is 0.816 bits per heavy atom. The van der Waals surface area contributed by atoms with E-state index < -0.39 is 0 Å². The highest BCUT2D eigenvalue weighted by Gasteiger charge is 2.29. The molecule has 4 aromatic carbocycles. The Balaban J connectivity index is 1.18. The Morgan fingerprint density at radius 3 is 2.53 bits per heavy atom. The summed E-state index contributed by atoms with van der Waals surface area (Å²) >= 11 is 0. The van der Waals surface area contributed by atoms with Crippen molar-refractivity contribution in [1.82, 2.24) is 23.9 Å². The van der Waals surface area contributed by atoms with Crippen LogP contribution in [0.15, 0.2) is 133 Å². The van der Waals surface area contributed by atoms with Gasteiger partial charge in [0, 0.05) is 34.0 Å². The van der Waals surface area contributed by atoms with Crippen LogP contribution in [0.3, 0.4) is 0 Å². The zero-order valence-electron chi connectivity index (χ0n) is 27.2. The van der Waals surface area contributed by atoms with Crippen molar-refractivity contribution >= 4 is 50.4 Å². The van der Waals surface area contributed by atoms with Gasteiger partial charge in [-0.25, -0.2) is 9.97 Å². The van der Waals surface area contributed by atoms with E-state index in [1.54, 1.807) is 0 Å². The number of benzene rings is 4. The van der Waals surface area contributed by atoms with Gasteiger partial charge in [-0.2, -0.15) is 0 Å². The monoisotopic (exact) mass is 636 g/mol. The first-order chi connectivity index (χ1) is 24.1. The van der Waals surface area contributed by atoms with Crippen LogP contribution in [0, 0.1) is 5.41 Å². The first-order valence-corrected chi connectivity index (χ1v) is 17.1. The van der Waals surface area contributed by atoms with Gasteiger partial charge in [-0.1, -0.05) is 110 Å². The number of imidazole rings is 1. The summed E-state index contributed by atoms with van der Waals surface area (Å²) in [6.45, 7) is 3.07. The van der Waals surface area contributed by atoms with E-state index in [1.807, 2.05) is 6.07 Å². The van der Waals surface area contributed by atoms with Crippen LogP contribution in [0.2, 0.25) is 0 Å². The number of hydrogen-bond donors (Lipinski definition) is 0. The second-order valence-corrected chi connectivity index (χ2v) is 13.6. The van der Waals surface area contributed by atoms with Crippen molar-refractivity contribution in [3.05, 3.63) is 155 Å². The second kappa shape index (κ2) is 10.8. The molecule has 0 spiro atoms. The van der Waals surface area contributed by atoms with Gasteiger partial charge < -0.3 is 15.4 Å². The van der Waals surface area contributed by atoms with Gasteiger partial charge in [-0.3, -0.25) is 8.97 Å². The summed E-state index contributed by atoms with van der Waals surface area (Å²) < 4.78 is 4.60. The topological polar surface area (TPSA) is 64.8 Å². The van der Waals surface area contributed by atoms with Crippen molar-refractivity contribution in [1.29, 1.82) is 0 Å². The number of amidine groups is 1. The fourth-order valence-electron chi connectivity index (χ4n) is 7.83. The molecule has 7 heteroatoms. The number of hydrogen-bond acceptors (Lipinski definition) is 4. The quantitative estimate of drug-likeness (QED) is 0.189. The predicted octanol–water partition coefficient (Wildman–Crippen LogP) is 9.51. The Labute approximate surface area is 284 Å². The standard InChI is InChI=1S/C42H34N7/c1-42(24-12-3-13-25-42)27-47-39(28-14-4-2-5-15-28)45-38(46-47)29-22-23-31-30-16-7-10-20-35(30)48(37(31)26-29)41-44-33-18-8-6-17-32(33)40-43-34-19-9-11-21-36(34)49(40)41/h2-9,11-19,21-24,26,39H,10,20,25,27H2,1H3/q-1. The van der Waals surface area contributed by atoms with E-state index in [2.05, 4.69) is 148 Å². The number of rotatable bonds is 5. The molecule has 3 aliphatic rings. The van der Waals surface area contributed by atoms with E-state index in [4.69, 9.17) is 20.4 Å². The fraction of sp³-hybridized carbons (Fsp3) is 0.167. The number of nitrogens with zero attached hydrogens (tertiary/aromatic N) is 7. The summed E-state index contributed by atoms with van der Waals surface area (Å²) in [6.07, 6.45) is 16.1. The molecule has 49 heavy (non-hydrogen) atoms. The van der Waals surface area contributed by atoms with E-state index in [0.29, 0.717) is 0 Å². The van der Waals surface area contributed by atoms with E-state index in [0.717, 1.165) is 81.8 Å². The molecule has 0 N–H and O–H groups in total. The summed E-state index contributed by atoms with van der Waals surface area (Å²) in [4.78, 5) is 10.5. The molecule has 4 heterocycles. The van der Waals surface area contributed by atoms with E-state index >= 15 is 0 Å². The van der Waals surface area contributed by atoms with Gasteiger partial charge in [0.15, 0.2) is 0 Å². The number of fused-ring (bicyclic) bond motifs is 8. The zero-order chi connectivity index (χ0) is 32.5. The Morgan fingerprint density at radius 2 is 1.65 bits per heavy atom. The molecule has 0 saturated heterocycles. The van der Waals surface area contributed by atoms with Crippen LogP contribution >= 0.6 is 0 Å². The van der Waals surface area contributed by atoms with Crippen LogP contribution in [-0.4, -0.2) is 36.3 Å². The van der Waals surface area contributed by atoms with Gasteiger partial charge in [0.2, 0.25) is 5.95 Å². The molecule has 7 nitrogen and oxygen atoms in total. The Kier molecular flexibility index (Phi) is 6.19. The average Bonchev–Trinajstić information content (AvgIpc) is 3.84. The highest BCUT2D eigenvalue weighted by Crippen LogP contribution is 2.41. The van der Waals surface area contributed by atoms with Crippen LogP contribution in [-0.2, 0) is 6.42 Å². The van der Waals surface area contributed by atoms with Gasteiger partial charge in [0.1, 0.15) is 5.65 Å². The highest BCUT2D eigenvalue weighted by atomic mass is 15.6. The predicted molar refractivity (Wildman–Crippen MR) is 199 cm³/mol. The molecule has 238 valence electrons. The van der Waals surface area contributed by atoms with Crippen molar-refractivity contribution in [3.63, 3.8) is 0 Å². The maximum atomic E-state index is 5.38. The maximum Gasteiger partial charge on any atom is 0.221 e. The van der Waals surface area contributed by atoms with Crippen LogP contribution in [0.4, 0.5) is 0 Å². The smallest absolute Gasteiger partial charge is 0.221 e. The lowest BCUT2D eigenvalue weighted by Gasteiger charge is -2.38. The number of para-hydroxylation sites is 3. The van der Waals surface area contributed by atoms with Crippen LogP contribution < -0.4 is 0 Å². The van der Waals surface area contributed by atoms with Gasteiger partial charge >= 0.3 is 0 Å². The normalized spacial score (nSPS) is 20.1. The molecule has 10 rings (SSSR count). The fourth-order valence-corrected chi connectivity index (χ4v) is 7.83. The van der Waals surface area contributed by atoms with Crippen LogP contribution in [0.25, 0.3) is 55.8 Å². The van der Waals surface area contributed by atoms with Gasteiger partial charge in [0.25, 0.3) is 0 Å². The Bertz CT molecular complexity index is 2570. The summed E-state index contributed by atoms with van der Waals surface area (Å²) in [5, 5.41) is 15.0. The minimum absolute atomic E-state index is 0.0268. The molecule has 2 atom stereocenters. The molecule has 0 saturated carbocycles. The summed E-state index contributed by atoms with van der Waals surface area (Å²) in [6, 6.07) is 33.9. The third-order valence-corrected chi connectivity index (χ3v) is 10.2. The minimum atomic E-state index is -0.190. The lowest BCUT2D eigenvalue weighted by Crippen LogP contribution is -2.32. The number of hydrazone groups is 1. The maximum absolute atomic E-state index is 5.38. The third kappa shape index (κ3) is 4.45. The van der Waals surface area contributed by atoms with Crippen LogP contribution in [0.5, 0.6) is 0 Å². The molecule has 3 aromatic heterocycles. The summed E-state index contributed by atoms with van der Waals surface area (Å²) in [5.74, 6) is 1.60. The number of aromatic nitrogens is 4. The van der Waals surface area contributed by atoms with E-state index in [1.165, 1.54) is 16.6 Å². The minimum Gasteiger partial charge on any atom is -0.439 e. The Hall–Kier alpha value is -5.95. The van der Waals surface area contributed by atoms with Crippen molar-refractivity contribution in [2.75, 3.05) is 6.54 Å². The average molecular weight is 637 g/mol. The number of allylic oxidation sites excluding steroid dienone is 4. The van der Waals surface area contributed by atoms with Crippen LogP contribution in [0.1, 0.15) is 48.3 Å². The van der Waals surface area contributed by atoms with Crippen molar-refractivity contribution < 1.29 is 0 Å². The molecule has 2 unspecified atom stereocenters. The largest absolute Gasteiger partial charge is 0.439 e. The van der Waals surface area contributed by atoms with Gasteiger partial charge in [0.05, 0.1) is 28.2 Å². The van der Waals surface area contributed by atoms with Crippen molar-refractivity contribution in [2.24, 2.45) is 10.5 Å². The summed E-state index contributed by atoms with van der Waals surface area (Å²) in [5.41, 5.74) is 9.54. The molecule has 2 aliphatic carbocycles. The summed E-state index contributed by atoms with van der Waals surface area (Å²) in [7, 11) is 0. The molecule has 0 bridgehead atoms. The van der Waals surface area contributed by atoms with Gasteiger partial charge in [-0.15, -0.1) is 0 Å².